The summed E-state index contributed by atoms with van der Waals surface area (Å²) < 4.78 is 4.78. The minimum absolute atomic E-state index is 0.185. The summed E-state index contributed by atoms with van der Waals surface area (Å²) in [5.74, 6) is 0. The first-order valence-corrected chi connectivity index (χ1v) is 16.3. The van der Waals surface area contributed by atoms with E-state index >= 15 is 0 Å². The van der Waals surface area contributed by atoms with E-state index in [2.05, 4.69) is 163 Å². The van der Waals surface area contributed by atoms with E-state index < -0.39 is 0 Å². The number of aliphatic hydroxyl groups excluding tert-OH is 1. The molecule has 0 aliphatic heterocycles. The zero-order valence-corrected chi connectivity index (χ0v) is 26.7. The van der Waals surface area contributed by atoms with Crippen LogP contribution in [0.3, 0.4) is 0 Å². The SMILES string of the molecule is C/C=C(\C=C/C1=C(C)C(C)(CCCO)c2cc(-n3c4ccccc4c4ccccc43)ccc21)n1c2ccccc2c2ccccc21. The van der Waals surface area contributed by atoms with Gasteiger partial charge in [0.1, 0.15) is 0 Å². The number of nitrogens with zero attached hydrogens (tertiary/aromatic N) is 2. The smallest absolute Gasteiger partial charge is 0.0541 e. The average molecular weight is 599 g/mol. The lowest BCUT2D eigenvalue weighted by atomic mass is 9.76. The molecule has 3 heteroatoms. The first-order valence-electron chi connectivity index (χ1n) is 16.3. The van der Waals surface area contributed by atoms with Gasteiger partial charge in [-0.3, -0.25) is 0 Å². The minimum atomic E-state index is -0.185. The first-order chi connectivity index (χ1) is 22.5. The highest BCUT2D eigenvalue weighted by atomic mass is 16.2. The van der Waals surface area contributed by atoms with Crippen LogP contribution in [0.4, 0.5) is 0 Å². The van der Waals surface area contributed by atoms with Crippen LogP contribution in [0.15, 0.2) is 139 Å². The molecule has 1 N–H and O–H groups in total. The minimum Gasteiger partial charge on any atom is -0.396 e. The summed E-state index contributed by atoms with van der Waals surface area (Å²) in [7, 11) is 0. The summed E-state index contributed by atoms with van der Waals surface area (Å²) in [6.07, 6.45) is 8.44. The van der Waals surface area contributed by atoms with Crippen molar-refractivity contribution in [3.8, 4) is 5.69 Å². The van der Waals surface area contributed by atoms with Crippen molar-refractivity contribution in [2.75, 3.05) is 6.61 Å². The van der Waals surface area contributed by atoms with Gasteiger partial charge in [0.2, 0.25) is 0 Å². The highest BCUT2D eigenvalue weighted by Gasteiger charge is 2.38. The Morgan fingerprint density at radius 1 is 0.717 bits per heavy atom. The molecule has 3 nitrogen and oxygen atoms in total. The zero-order chi connectivity index (χ0) is 31.4. The van der Waals surface area contributed by atoms with Gasteiger partial charge in [0.15, 0.2) is 0 Å². The van der Waals surface area contributed by atoms with E-state index in [4.69, 9.17) is 0 Å². The number of benzene rings is 5. The zero-order valence-electron chi connectivity index (χ0n) is 26.7. The van der Waals surface area contributed by atoms with Crippen LogP contribution < -0.4 is 0 Å². The van der Waals surface area contributed by atoms with E-state index in [1.807, 2.05) is 0 Å². The van der Waals surface area contributed by atoms with Gasteiger partial charge in [-0.2, -0.15) is 0 Å². The van der Waals surface area contributed by atoms with Crippen molar-refractivity contribution in [2.45, 2.75) is 39.0 Å². The van der Waals surface area contributed by atoms with Crippen LogP contribution in [0, 0.1) is 0 Å². The second kappa shape index (κ2) is 11.0. The third kappa shape index (κ3) is 4.15. The third-order valence-corrected chi connectivity index (χ3v) is 10.3. The molecule has 7 aromatic rings. The van der Waals surface area contributed by atoms with Gasteiger partial charge >= 0.3 is 0 Å². The summed E-state index contributed by atoms with van der Waals surface area (Å²) in [6.45, 7) is 6.95. The Balaban J connectivity index is 1.28. The lowest BCUT2D eigenvalue weighted by Gasteiger charge is -2.28. The molecule has 0 saturated carbocycles. The molecule has 226 valence electrons. The normalized spacial score (nSPS) is 17.0. The Labute approximate surface area is 270 Å². The Kier molecular flexibility index (Phi) is 6.81. The van der Waals surface area contributed by atoms with Crippen LogP contribution >= 0.6 is 0 Å². The monoisotopic (exact) mass is 598 g/mol. The molecule has 8 rings (SSSR count). The van der Waals surface area contributed by atoms with E-state index in [-0.39, 0.29) is 12.0 Å². The van der Waals surface area contributed by atoms with Crippen LogP contribution in [-0.4, -0.2) is 20.8 Å². The lowest BCUT2D eigenvalue weighted by Crippen LogP contribution is -2.22. The molecular weight excluding hydrogens is 560 g/mol. The number of aliphatic hydroxyl groups is 1. The summed E-state index contributed by atoms with van der Waals surface area (Å²) in [6, 6.07) is 41.7. The van der Waals surface area contributed by atoms with Crippen LogP contribution in [-0.2, 0) is 5.41 Å². The van der Waals surface area contributed by atoms with Crippen molar-refractivity contribution in [3.05, 3.63) is 150 Å². The molecule has 0 radical (unpaired) electrons. The summed E-state index contributed by atoms with van der Waals surface area (Å²) in [5.41, 5.74) is 12.2. The van der Waals surface area contributed by atoms with Gasteiger partial charge in [-0.25, -0.2) is 0 Å². The van der Waals surface area contributed by atoms with Gasteiger partial charge in [-0.15, -0.1) is 0 Å². The number of para-hydroxylation sites is 4. The van der Waals surface area contributed by atoms with Gasteiger partial charge in [0.25, 0.3) is 0 Å². The molecule has 1 atom stereocenters. The van der Waals surface area contributed by atoms with Gasteiger partial charge in [-0.1, -0.05) is 104 Å². The number of rotatable bonds is 7. The van der Waals surface area contributed by atoms with Crippen LogP contribution in [0.5, 0.6) is 0 Å². The van der Waals surface area contributed by atoms with E-state index in [0.717, 1.165) is 18.5 Å². The van der Waals surface area contributed by atoms with E-state index in [0.29, 0.717) is 0 Å². The van der Waals surface area contributed by atoms with Crippen molar-refractivity contribution in [2.24, 2.45) is 0 Å². The second-order valence-corrected chi connectivity index (χ2v) is 12.7. The maximum Gasteiger partial charge on any atom is 0.0541 e. The first kappa shape index (κ1) is 28.4. The molecule has 2 aromatic heterocycles. The summed E-state index contributed by atoms with van der Waals surface area (Å²) >= 11 is 0. The number of aromatic nitrogens is 2. The van der Waals surface area contributed by atoms with Gasteiger partial charge in [0.05, 0.1) is 22.1 Å². The van der Waals surface area contributed by atoms with E-state index in [1.165, 1.54) is 71.6 Å². The van der Waals surface area contributed by atoms with Crippen molar-refractivity contribution >= 4 is 54.9 Å². The number of fused-ring (bicyclic) bond motifs is 7. The van der Waals surface area contributed by atoms with Crippen molar-refractivity contribution in [3.63, 3.8) is 0 Å². The fraction of sp³-hybridized carbons (Fsp3) is 0.163. The number of hydrogen-bond acceptors (Lipinski definition) is 1. The fourth-order valence-corrected chi connectivity index (χ4v) is 7.90. The molecule has 46 heavy (non-hydrogen) atoms. The molecule has 1 aliphatic carbocycles. The van der Waals surface area contributed by atoms with Crippen molar-refractivity contribution in [1.29, 1.82) is 0 Å². The molecule has 0 spiro atoms. The summed E-state index contributed by atoms with van der Waals surface area (Å²) in [5, 5.41) is 15.0. The highest BCUT2D eigenvalue weighted by Crippen LogP contribution is 2.50. The van der Waals surface area contributed by atoms with Crippen LogP contribution in [0.2, 0.25) is 0 Å². The largest absolute Gasteiger partial charge is 0.396 e. The maximum atomic E-state index is 9.93. The number of hydrogen-bond donors (Lipinski definition) is 1. The molecule has 0 amide bonds. The molecule has 2 heterocycles. The quantitative estimate of drug-likeness (QED) is 0.182. The predicted octanol–water partition coefficient (Wildman–Crippen LogP) is 10.8. The lowest BCUT2D eigenvalue weighted by molar-refractivity contribution is 0.272. The molecular formula is C43H38N2O. The fourth-order valence-electron chi connectivity index (χ4n) is 7.90. The Bertz CT molecular complexity index is 2290. The highest BCUT2D eigenvalue weighted by molar-refractivity contribution is 6.11. The van der Waals surface area contributed by atoms with Crippen LogP contribution in [0.25, 0.3) is 60.6 Å². The van der Waals surface area contributed by atoms with Crippen molar-refractivity contribution < 1.29 is 5.11 Å². The molecule has 1 aliphatic rings. The van der Waals surface area contributed by atoms with Crippen molar-refractivity contribution in [1.82, 2.24) is 9.13 Å². The molecule has 1 unspecified atom stereocenters. The van der Waals surface area contributed by atoms with Gasteiger partial charge in [0, 0.05) is 45.0 Å². The summed E-state index contributed by atoms with van der Waals surface area (Å²) in [4.78, 5) is 0. The van der Waals surface area contributed by atoms with Gasteiger partial charge < -0.3 is 14.2 Å². The Morgan fingerprint density at radius 2 is 1.24 bits per heavy atom. The Hall–Kier alpha value is -5.12. The molecule has 0 saturated heterocycles. The average Bonchev–Trinajstić information content (AvgIpc) is 3.69. The molecule has 5 aromatic carbocycles. The maximum absolute atomic E-state index is 9.93. The third-order valence-electron chi connectivity index (χ3n) is 10.3. The molecule has 0 fully saturated rings. The number of allylic oxidation sites excluding steroid dienone is 6. The van der Waals surface area contributed by atoms with E-state index in [1.54, 1.807) is 0 Å². The predicted molar refractivity (Wildman–Crippen MR) is 196 cm³/mol. The topological polar surface area (TPSA) is 30.1 Å². The van der Waals surface area contributed by atoms with Crippen LogP contribution in [0.1, 0.15) is 44.7 Å². The second-order valence-electron chi connectivity index (χ2n) is 12.7. The van der Waals surface area contributed by atoms with Gasteiger partial charge in [-0.05, 0) is 85.9 Å². The standard InChI is InChI=1S/C43H38N2O/c1-4-30(44-39-18-9-5-14-34(39)35-15-6-10-19-40(35)44)22-24-32-29(2)43(3,26-13-27-46)38-28-31(23-25-33(32)38)45-41-20-11-7-16-36(41)37-17-8-12-21-42(37)45/h4-12,14-25,28,46H,13,26-27H2,1-3H3/b24-22-,30-4+. The molecule has 0 bridgehead atoms. The Morgan fingerprint density at radius 3 is 1.78 bits per heavy atom. The van der Waals surface area contributed by atoms with E-state index in [9.17, 15) is 5.11 Å².